The number of nitrogens with zero attached hydrogens (tertiary/aromatic N) is 2. The molecule has 0 aliphatic heterocycles. The van der Waals surface area contributed by atoms with Gasteiger partial charge in [-0.1, -0.05) is 0 Å². The van der Waals surface area contributed by atoms with E-state index in [1.807, 2.05) is 0 Å². The Bertz CT molecular complexity index is 378. The fourth-order valence-electron chi connectivity index (χ4n) is 1.33. The summed E-state index contributed by atoms with van der Waals surface area (Å²) >= 11 is 0. The van der Waals surface area contributed by atoms with Crippen LogP contribution in [0.5, 0.6) is 0 Å². The maximum absolute atomic E-state index is 11.5. The Kier molecular flexibility index (Phi) is 6.16. The van der Waals surface area contributed by atoms with Crippen molar-refractivity contribution in [1.82, 2.24) is 9.78 Å². The molecule has 0 spiro atoms. The highest BCUT2D eigenvalue weighted by Crippen LogP contribution is 2.12. The molecule has 0 radical (unpaired) electrons. The molecule has 0 fully saturated rings. The van der Waals surface area contributed by atoms with E-state index in [0.717, 1.165) is 0 Å². The Morgan fingerprint density at radius 1 is 1.44 bits per heavy atom. The Morgan fingerprint density at radius 2 is 2.22 bits per heavy atom. The van der Waals surface area contributed by atoms with Gasteiger partial charge in [0.25, 0.3) is 0 Å². The molecule has 7 nitrogen and oxygen atoms in total. The highest BCUT2D eigenvalue weighted by atomic mass is 16.5. The number of rotatable bonds is 8. The Balaban J connectivity index is 2.45. The molecule has 0 aliphatic carbocycles. The first-order valence-corrected chi connectivity index (χ1v) is 5.75. The summed E-state index contributed by atoms with van der Waals surface area (Å²) in [6, 6.07) is 0. The van der Waals surface area contributed by atoms with Crippen molar-refractivity contribution in [3.8, 4) is 0 Å². The summed E-state index contributed by atoms with van der Waals surface area (Å²) in [7, 11) is 1.61. The number of aromatic nitrogens is 2. The van der Waals surface area contributed by atoms with Crippen molar-refractivity contribution in [1.29, 1.82) is 0 Å². The van der Waals surface area contributed by atoms with Gasteiger partial charge in [-0.2, -0.15) is 5.10 Å². The van der Waals surface area contributed by atoms with Gasteiger partial charge >= 0.3 is 5.97 Å². The smallest absolute Gasteiger partial charge is 0.343 e. The lowest BCUT2D eigenvalue weighted by atomic mass is 10.3. The quantitative estimate of drug-likeness (QED) is 0.532. The number of hydrogen-bond donors (Lipinski definition) is 1. The van der Waals surface area contributed by atoms with Crippen molar-refractivity contribution < 1.29 is 19.0 Å². The Hall–Kier alpha value is -1.60. The van der Waals surface area contributed by atoms with E-state index in [9.17, 15) is 4.79 Å². The minimum atomic E-state index is -0.457. The van der Waals surface area contributed by atoms with Crippen LogP contribution in [-0.4, -0.2) is 49.3 Å². The van der Waals surface area contributed by atoms with E-state index < -0.39 is 5.97 Å². The minimum absolute atomic E-state index is 0.286. The van der Waals surface area contributed by atoms with E-state index in [0.29, 0.717) is 38.8 Å². The molecule has 0 saturated heterocycles. The Morgan fingerprint density at radius 3 is 2.89 bits per heavy atom. The van der Waals surface area contributed by atoms with E-state index >= 15 is 0 Å². The van der Waals surface area contributed by atoms with Crippen LogP contribution in [0.2, 0.25) is 0 Å². The van der Waals surface area contributed by atoms with Gasteiger partial charge in [0.15, 0.2) is 0 Å². The van der Waals surface area contributed by atoms with Gasteiger partial charge in [0.05, 0.1) is 39.2 Å². The van der Waals surface area contributed by atoms with Crippen LogP contribution in [0.1, 0.15) is 17.3 Å². The molecule has 102 valence electrons. The summed E-state index contributed by atoms with van der Waals surface area (Å²) in [6.07, 6.45) is 1.41. The first-order valence-electron chi connectivity index (χ1n) is 5.75. The van der Waals surface area contributed by atoms with Crippen molar-refractivity contribution in [2.75, 3.05) is 39.3 Å². The normalized spacial score (nSPS) is 10.6. The molecule has 0 unspecified atom stereocenters. The van der Waals surface area contributed by atoms with Crippen molar-refractivity contribution in [2.24, 2.45) is 0 Å². The number of nitrogens with two attached hydrogens (primary N) is 1. The topological polar surface area (TPSA) is 88.6 Å². The maximum atomic E-state index is 11.5. The van der Waals surface area contributed by atoms with Crippen LogP contribution >= 0.6 is 0 Å². The number of ether oxygens (including phenoxy) is 3. The van der Waals surface area contributed by atoms with Crippen LogP contribution in [-0.2, 0) is 20.8 Å². The number of anilines is 1. The fourth-order valence-corrected chi connectivity index (χ4v) is 1.33. The highest BCUT2D eigenvalue weighted by molar-refractivity contribution is 5.93. The number of hydrogen-bond acceptors (Lipinski definition) is 6. The third-order valence-electron chi connectivity index (χ3n) is 2.25. The summed E-state index contributed by atoms with van der Waals surface area (Å²) in [4.78, 5) is 11.5. The molecule has 1 heterocycles. The molecule has 0 aliphatic rings. The first-order chi connectivity index (χ1) is 8.70. The standard InChI is InChI=1S/C11H19N3O4/c1-3-18-11(15)9-8-13-14(10(9)12)4-5-17-7-6-16-2/h8H,3-7,12H2,1-2H3. The largest absolute Gasteiger partial charge is 0.462 e. The van der Waals surface area contributed by atoms with Gasteiger partial charge in [0.2, 0.25) is 0 Å². The zero-order valence-corrected chi connectivity index (χ0v) is 10.7. The second kappa shape index (κ2) is 7.67. The van der Waals surface area contributed by atoms with E-state index in [4.69, 9.17) is 19.9 Å². The van der Waals surface area contributed by atoms with Crippen LogP contribution < -0.4 is 5.73 Å². The van der Waals surface area contributed by atoms with Gasteiger partial charge in [0, 0.05) is 7.11 Å². The van der Waals surface area contributed by atoms with Gasteiger partial charge < -0.3 is 19.9 Å². The molecule has 1 aromatic rings. The number of carbonyl (C=O) groups excluding carboxylic acids is 1. The molecular weight excluding hydrogens is 238 g/mol. The van der Waals surface area contributed by atoms with Gasteiger partial charge in [-0.15, -0.1) is 0 Å². The fraction of sp³-hybridized carbons (Fsp3) is 0.636. The lowest BCUT2D eigenvalue weighted by Gasteiger charge is -2.06. The predicted molar refractivity (Wildman–Crippen MR) is 65.3 cm³/mol. The lowest BCUT2D eigenvalue weighted by Crippen LogP contribution is -2.13. The highest BCUT2D eigenvalue weighted by Gasteiger charge is 2.15. The van der Waals surface area contributed by atoms with Crippen LogP contribution in [0.4, 0.5) is 5.82 Å². The van der Waals surface area contributed by atoms with Gasteiger partial charge in [-0.05, 0) is 6.92 Å². The molecule has 0 bridgehead atoms. The molecular formula is C11H19N3O4. The summed E-state index contributed by atoms with van der Waals surface area (Å²) in [5, 5.41) is 4.02. The van der Waals surface area contributed by atoms with Crippen molar-refractivity contribution in [2.45, 2.75) is 13.5 Å². The number of nitrogen functional groups attached to an aromatic ring is 1. The third-order valence-corrected chi connectivity index (χ3v) is 2.25. The molecule has 7 heteroatoms. The molecule has 2 N–H and O–H groups in total. The zero-order chi connectivity index (χ0) is 13.4. The van der Waals surface area contributed by atoms with Gasteiger partial charge in [-0.3, -0.25) is 0 Å². The summed E-state index contributed by atoms with van der Waals surface area (Å²) < 4.78 is 16.5. The van der Waals surface area contributed by atoms with Gasteiger partial charge in [0.1, 0.15) is 11.4 Å². The average Bonchev–Trinajstić information content (AvgIpc) is 2.71. The van der Waals surface area contributed by atoms with E-state index in [2.05, 4.69) is 5.10 Å². The minimum Gasteiger partial charge on any atom is -0.462 e. The summed E-state index contributed by atoms with van der Waals surface area (Å²) in [5.74, 6) is -0.162. The Labute approximate surface area is 106 Å². The maximum Gasteiger partial charge on any atom is 0.343 e. The van der Waals surface area contributed by atoms with Crippen LogP contribution in [0.25, 0.3) is 0 Å². The average molecular weight is 257 g/mol. The predicted octanol–water partition coefficient (Wildman–Crippen LogP) is 0.305. The van der Waals surface area contributed by atoms with Crippen molar-refractivity contribution in [3.05, 3.63) is 11.8 Å². The van der Waals surface area contributed by atoms with Crippen LogP contribution in [0, 0.1) is 0 Å². The molecule has 0 saturated carbocycles. The first kappa shape index (κ1) is 14.5. The lowest BCUT2D eigenvalue weighted by molar-refractivity contribution is 0.0527. The number of esters is 1. The van der Waals surface area contributed by atoms with Crippen LogP contribution in [0.3, 0.4) is 0 Å². The summed E-state index contributed by atoms with van der Waals surface area (Å²) in [6.45, 7) is 4.04. The van der Waals surface area contributed by atoms with Crippen LogP contribution in [0.15, 0.2) is 6.20 Å². The molecule has 0 amide bonds. The molecule has 1 aromatic heterocycles. The van der Waals surface area contributed by atoms with Crippen molar-refractivity contribution >= 4 is 11.8 Å². The molecule has 1 rings (SSSR count). The second-order valence-electron chi connectivity index (χ2n) is 3.49. The van der Waals surface area contributed by atoms with E-state index in [-0.39, 0.29) is 5.56 Å². The number of carbonyl (C=O) groups is 1. The number of methoxy groups -OCH3 is 1. The molecule has 0 aromatic carbocycles. The van der Waals surface area contributed by atoms with E-state index in [1.165, 1.54) is 10.9 Å². The van der Waals surface area contributed by atoms with Crippen molar-refractivity contribution in [3.63, 3.8) is 0 Å². The zero-order valence-electron chi connectivity index (χ0n) is 10.7. The monoisotopic (exact) mass is 257 g/mol. The molecule has 0 atom stereocenters. The third kappa shape index (κ3) is 4.01. The van der Waals surface area contributed by atoms with E-state index in [1.54, 1.807) is 14.0 Å². The SMILES string of the molecule is CCOC(=O)c1cnn(CCOCCOC)c1N. The second-order valence-corrected chi connectivity index (χ2v) is 3.49. The van der Waals surface area contributed by atoms with Gasteiger partial charge in [-0.25, -0.2) is 9.48 Å². The summed E-state index contributed by atoms with van der Waals surface area (Å²) in [5.41, 5.74) is 6.08. The molecule has 18 heavy (non-hydrogen) atoms.